The van der Waals surface area contributed by atoms with Crippen molar-refractivity contribution in [1.29, 1.82) is 0 Å². The van der Waals surface area contributed by atoms with Crippen LogP contribution >= 0.6 is 0 Å². The third-order valence-corrected chi connectivity index (χ3v) is 1.85. The quantitative estimate of drug-likeness (QED) is 0.276. The zero-order chi connectivity index (χ0) is 11.3. The minimum atomic E-state index is -1.76. The van der Waals surface area contributed by atoms with Crippen molar-refractivity contribution in [2.24, 2.45) is 0 Å². The zero-order valence-corrected chi connectivity index (χ0v) is 8.28. The average Bonchev–Trinajstić information content (AvgIpc) is 2.23. The molecular weight excluding hydrogens is 208 g/mol. The van der Waals surface area contributed by atoms with Gasteiger partial charge in [-0.2, -0.15) is 0 Å². The highest BCUT2D eigenvalue weighted by molar-refractivity contribution is 5.01. The van der Waals surface area contributed by atoms with E-state index in [1.54, 1.807) is 0 Å². The molecule has 0 amide bonds. The molecule has 4 unspecified atom stereocenters. The summed E-state index contributed by atoms with van der Waals surface area (Å²) in [5.41, 5.74) is 0. The number of aliphatic hydroxyl groups excluding tert-OH is 6. The lowest BCUT2D eigenvalue weighted by molar-refractivity contribution is -0.113. The Morgan fingerprint density at radius 2 is 1.60 bits per heavy atom. The van der Waals surface area contributed by atoms with E-state index in [-0.39, 0.29) is 5.48 Å². The molecule has 0 saturated heterocycles. The topological polar surface area (TPSA) is 153 Å². The molecule has 4 atom stereocenters. The van der Waals surface area contributed by atoms with Crippen molar-refractivity contribution in [2.75, 3.05) is 6.61 Å². The first kappa shape index (κ1) is 16.7. The predicted octanol–water partition coefficient (Wildman–Crippen LogP) is -2.94. The summed E-state index contributed by atoms with van der Waals surface area (Å²) >= 11 is 0. The maximum absolute atomic E-state index is 9.22. The van der Waals surface area contributed by atoms with Crippen LogP contribution in [0.5, 0.6) is 0 Å². The number of rotatable bonds is 5. The van der Waals surface area contributed by atoms with Gasteiger partial charge < -0.3 is 36.1 Å². The lowest BCUT2D eigenvalue weighted by Crippen LogP contribution is -2.46. The van der Waals surface area contributed by atoms with E-state index in [1.807, 2.05) is 0 Å². The molecule has 0 fully saturated rings. The van der Waals surface area contributed by atoms with Crippen LogP contribution in [0, 0.1) is 0 Å². The van der Waals surface area contributed by atoms with E-state index in [1.165, 1.54) is 6.92 Å². The Hall–Kier alpha value is -0.700. The molecule has 0 aromatic carbocycles. The van der Waals surface area contributed by atoms with E-state index in [9.17, 15) is 10.2 Å². The summed E-state index contributed by atoms with van der Waals surface area (Å²) < 4.78 is 0. The van der Waals surface area contributed by atoms with E-state index in [2.05, 4.69) is 0 Å². The molecule has 0 radical (unpaired) electrons. The van der Waals surface area contributed by atoms with E-state index >= 15 is 0 Å². The lowest BCUT2D eigenvalue weighted by atomic mass is 10.0. The summed E-state index contributed by atoms with van der Waals surface area (Å²) in [7, 11) is 0. The fourth-order valence-corrected chi connectivity index (χ4v) is 0.868. The Kier molecular flexibility index (Phi) is 8.44. The zero-order valence-electron chi connectivity index (χ0n) is 8.28. The van der Waals surface area contributed by atoms with Crippen LogP contribution in [-0.4, -0.2) is 67.1 Å². The minimum Gasteiger partial charge on any atom is -0.510 e. The Morgan fingerprint density at radius 1 is 1.13 bits per heavy atom. The van der Waals surface area contributed by atoms with Crippen molar-refractivity contribution >= 4 is 0 Å². The minimum absolute atomic E-state index is 0. The van der Waals surface area contributed by atoms with Crippen molar-refractivity contribution in [1.82, 2.24) is 0 Å². The van der Waals surface area contributed by atoms with Gasteiger partial charge in [0.1, 0.15) is 30.2 Å². The van der Waals surface area contributed by atoms with Crippen LogP contribution in [0.25, 0.3) is 0 Å². The fraction of sp³-hybridized carbons (Fsp3) is 0.750. The van der Waals surface area contributed by atoms with Crippen molar-refractivity contribution in [3.63, 3.8) is 0 Å². The third kappa shape index (κ3) is 4.56. The lowest BCUT2D eigenvalue weighted by Gasteiger charge is -2.25. The number of hydrogen-bond donors (Lipinski definition) is 6. The number of hydrogen-bond acceptors (Lipinski definition) is 6. The molecule has 0 aliphatic carbocycles. The van der Waals surface area contributed by atoms with Crippen LogP contribution in [0.1, 0.15) is 6.92 Å². The molecule has 7 heteroatoms. The molecule has 0 aromatic heterocycles. The fourth-order valence-electron chi connectivity index (χ4n) is 0.868. The second-order valence-corrected chi connectivity index (χ2v) is 2.89. The molecule has 0 spiro atoms. The molecule has 0 aliphatic rings. The van der Waals surface area contributed by atoms with Crippen LogP contribution in [0.3, 0.4) is 0 Å². The van der Waals surface area contributed by atoms with Crippen molar-refractivity contribution < 1.29 is 36.1 Å². The Morgan fingerprint density at radius 3 is 1.93 bits per heavy atom. The van der Waals surface area contributed by atoms with E-state index in [0.29, 0.717) is 0 Å². The summed E-state index contributed by atoms with van der Waals surface area (Å²) in [4.78, 5) is 0. The van der Waals surface area contributed by atoms with Crippen LogP contribution in [-0.2, 0) is 0 Å². The summed E-state index contributed by atoms with van der Waals surface area (Å²) in [6, 6.07) is 0. The SMILES string of the molecule is CC=C(O)C(O)C(O)C(O)C(O)CO.O. The molecule has 0 rings (SSSR count). The van der Waals surface area contributed by atoms with Gasteiger partial charge in [-0.3, -0.25) is 0 Å². The monoisotopic (exact) mass is 226 g/mol. The van der Waals surface area contributed by atoms with Gasteiger partial charge in [0, 0.05) is 0 Å². The van der Waals surface area contributed by atoms with Gasteiger partial charge in [0.2, 0.25) is 0 Å². The highest BCUT2D eigenvalue weighted by Crippen LogP contribution is 2.10. The van der Waals surface area contributed by atoms with Gasteiger partial charge in [-0.1, -0.05) is 0 Å². The standard InChI is InChI=1S/C8H16O6.H2O/c1-2-4(10)6(12)8(14)7(13)5(11)3-9;/h2,5-14H,3H2,1H3;1H2. The first-order chi connectivity index (χ1) is 6.45. The van der Waals surface area contributed by atoms with Gasteiger partial charge in [-0.25, -0.2) is 0 Å². The number of aliphatic hydroxyl groups is 6. The second-order valence-electron chi connectivity index (χ2n) is 2.89. The predicted molar refractivity (Wildman–Crippen MR) is 51.1 cm³/mol. The van der Waals surface area contributed by atoms with Crippen LogP contribution < -0.4 is 0 Å². The Labute approximate surface area is 86.9 Å². The Bertz CT molecular complexity index is 193. The second kappa shape index (κ2) is 7.57. The molecule has 92 valence electrons. The first-order valence-corrected chi connectivity index (χ1v) is 4.14. The summed E-state index contributed by atoms with van der Waals surface area (Å²) in [6.07, 6.45) is -5.59. The molecule has 7 nitrogen and oxygen atoms in total. The molecule has 8 N–H and O–H groups in total. The third-order valence-electron chi connectivity index (χ3n) is 1.85. The molecule has 0 aliphatic heterocycles. The van der Waals surface area contributed by atoms with Gasteiger partial charge >= 0.3 is 0 Å². The first-order valence-electron chi connectivity index (χ1n) is 4.14. The maximum Gasteiger partial charge on any atom is 0.139 e. The van der Waals surface area contributed by atoms with Crippen molar-refractivity contribution in [2.45, 2.75) is 31.3 Å². The summed E-state index contributed by atoms with van der Waals surface area (Å²) in [6.45, 7) is 0.682. The number of allylic oxidation sites excluding steroid dienone is 1. The molecule has 0 saturated carbocycles. The van der Waals surface area contributed by atoms with Crippen molar-refractivity contribution in [3.05, 3.63) is 11.8 Å². The van der Waals surface area contributed by atoms with Crippen LogP contribution in [0.2, 0.25) is 0 Å². The van der Waals surface area contributed by atoms with Gasteiger partial charge in [0.25, 0.3) is 0 Å². The molecular formula is C8H18O7. The Balaban J connectivity index is 0. The van der Waals surface area contributed by atoms with E-state index < -0.39 is 36.8 Å². The molecule has 0 heterocycles. The average molecular weight is 226 g/mol. The highest BCUT2D eigenvalue weighted by atomic mass is 16.4. The van der Waals surface area contributed by atoms with Gasteiger partial charge in [0.15, 0.2) is 0 Å². The van der Waals surface area contributed by atoms with Crippen LogP contribution in [0.4, 0.5) is 0 Å². The van der Waals surface area contributed by atoms with Crippen molar-refractivity contribution in [3.8, 4) is 0 Å². The van der Waals surface area contributed by atoms with E-state index in [4.69, 9.17) is 20.4 Å². The normalized spacial score (nSPS) is 20.0. The molecule has 0 aromatic rings. The van der Waals surface area contributed by atoms with Gasteiger partial charge in [-0.15, -0.1) is 0 Å². The van der Waals surface area contributed by atoms with Gasteiger partial charge in [0.05, 0.1) is 6.61 Å². The van der Waals surface area contributed by atoms with Crippen LogP contribution in [0.15, 0.2) is 11.8 Å². The maximum atomic E-state index is 9.22. The van der Waals surface area contributed by atoms with Gasteiger partial charge in [-0.05, 0) is 13.0 Å². The summed E-state index contributed by atoms with van der Waals surface area (Å²) in [5.74, 6) is -0.512. The van der Waals surface area contributed by atoms with E-state index in [0.717, 1.165) is 6.08 Å². The largest absolute Gasteiger partial charge is 0.510 e. The smallest absolute Gasteiger partial charge is 0.139 e. The molecule has 0 bridgehead atoms. The summed E-state index contributed by atoms with van der Waals surface area (Å²) in [5, 5.41) is 53.9. The molecule has 15 heavy (non-hydrogen) atoms. The highest BCUT2D eigenvalue weighted by Gasteiger charge is 2.31.